The van der Waals surface area contributed by atoms with Crippen LogP contribution in [0, 0.1) is 0 Å². The van der Waals surface area contributed by atoms with Crippen molar-refractivity contribution in [3.63, 3.8) is 0 Å². The van der Waals surface area contributed by atoms with Crippen LogP contribution in [-0.2, 0) is 14.4 Å². The van der Waals surface area contributed by atoms with Crippen molar-refractivity contribution in [2.75, 3.05) is 26.2 Å². The Morgan fingerprint density at radius 1 is 0.778 bits per heavy atom. The molecule has 156 valence electrons. The first-order valence-corrected chi connectivity index (χ1v) is 9.95. The van der Waals surface area contributed by atoms with Crippen LogP contribution in [0.3, 0.4) is 0 Å². The number of unbranched alkanes of at least 4 members (excludes halogenated alkanes) is 5. The topological polar surface area (TPSA) is 115 Å². The maximum Gasteiger partial charge on any atom is 0.309 e. The molecule has 0 aliphatic rings. The minimum atomic E-state index is -1.20. The molecule has 0 spiro atoms. The summed E-state index contributed by atoms with van der Waals surface area (Å²) in [6.45, 7) is 3.40. The lowest BCUT2D eigenvalue weighted by Crippen LogP contribution is -2.52. The van der Waals surface area contributed by atoms with Gasteiger partial charge in [0.15, 0.2) is 0 Å². The molecule has 0 aromatic heterocycles. The van der Waals surface area contributed by atoms with Gasteiger partial charge in [0.2, 0.25) is 0 Å². The number of hydrogen-bond donors (Lipinski definition) is 2. The third kappa shape index (κ3) is 14.9. The molecule has 0 fully saturated rings. The molecular formula is C20H35NO6. The number of aliphatic carboxylic acids is 3. The van der Waals surface area contributed by atoms with Gasteiger partial charge in [-0.15, -0.1) is 0 Å². The predicted octanol–water partition coefficient (Wildman–Crippen LogP) is 2.20. The van der Waals surface area contributed by atoms with Gasteiger partial charge in [0.25, 0.3) is 0 Å². The van der Waals surface area contributed by atoms with Crippen LogP contribution >= 0.6 is 0 Å². The molecule has 0 aliphatic carbocycles. The minimum Gasteiger partial charge on any atom is -0.550 e. The van der Waals surface area contributed by atoms with Crippen molar-refractivity contribution in [2.24, 2.45) is 0 Å². The smallest absolute Gasteiger partial charge is 0.309 e. The van der Waals surface area contributed by atoms with Crippen LogP contribution in [0.25, 0.3) is 0 Å². The summed E-state index contributed by atoms with van der Waals surface area (Å²) in [5, 5.41) is 28.9. The monoisotopic (exact) mass is 385 g/mol. The van der Waals surface area contributed by atoms with E-state index >= 15 is 0 Å². The zero-order chi connectivity index (χ0) is 20.5. The van der Waals surface area contributed by atoms with Crippen LogP contribution in [-0.4, -0.2) is 58.8 Å². The Kier molecular flexibility index (Phi) is 14.1. The third-order valence-corrected chi connectivity index (χ3v) is 4.78. The summed E-state index contributed by atoms with van der Waals surface area (Å²) in [7, 11) is 0. The SMILES string of the molecule is CCCCCC/C=C/CCC[N+](CCC(=O)[O-])(CCC(=O)O)CCC(=O)O. The Hall–Kier alpha value is -1.89. The molecule has 0 unspecified atom stereocenters. The Balaban J connectivity index is 4.66. The zero-order valence-corrected chi connectivity index (χ0v) is 16.5. The predicted molar refractivity (Wildman–Crippen MR) is 101 cm³/mol. The summed E-state index contributed by atoms with van der Waals surface area (Å²) >= 11 is 0. The molecule has 0 atom stereocenters. The Labute approximate surface area is 162 Å². The number of quaternary nitrogens is 1. The van der Waals surface area contributed by atoms with Gasteiger partial charge in [0, 0.05) is 18.8 Å². The number of carbonyl (C=O) groups is 3. The molecule has 0 saturated heterocycles. The molecule has 7 nitrogen and oxygen atoms in total. The summed E-state index contributed by atoms with van der Waals surface area (Å²) in [4.78, 5) is 32.8. The fourth-order valence-electron chi connectivity index (χ4n) is 3.13. The Bertz CT molecular complexity index is 430. The van der Waals surface area contributed by atoms with E-state index in [2.05, 4.69) is 19.1 Å². The van der Waals surface area contributed by atoms with Crippen molar-refractivity contribution in [1.29, 1.82) is 0 Å². The van der Waals surface area contributed by atoms with E-state index in [0.717, 1.165) is 19.3 Å². The minimum absolute atomic E-state index is 0.111. The van der Waals surface area contributed by atoms with Crippen LogP contribution in [0.1, 0.15) is 71.1 Å². The normalized spacial score (nSPS) is 11.7. The van der Waals surface area contributed by atoms with E-state index in [1.165, 1.54) is 25.7 Å². The highest BCUT2D eigenvalue weighted by atomic mass is 16.4. The number of carbonyl (C=O) groups excluding carboxylic acids is 1. The Morgan fingerprint density at radius 3 is 1.78 bits per heavy atom. The summed E-state index contributed by atoms with van der Waals surface area (Å²) in [5.74, 6) is -3.13. The molecule has 0 aliphatic heterocycles. The molecule has 0 saturated carbocycles. The number of carboxylic acids is 3. The van der Waals surface area contributed by atoms with Gasteiger partial charge in [-0.05, 0) is 19.3 Å². The van der Waals surface area contributed by atoms with E-state index in [9.17, 15) is 19.5 Å². The third-order valence-electron chi connectivity index (χ3n) is 4.78. The standard InChI is InChI=1S/C20H35NO6/c1-2-3-4-5-6-7-8-9-10-14-21(15-11-18(22)23,16-12-19(24)25)17-13-20(26)27/h7-8H,2-6,9-17H2,1H3,(H2-,22,23,24,25,26,27)/b8-7+. The lowest BCUT2D eigenvalue weighted by Gasteiger charge is -2.38. The maximum atomic E-state index is 11.0. The van der Waals surface area contributed by atoms with Crippen molar-refractivity contribution in [2.45, 2.75) is 71.1 Å². The number of hydrogen-bond acceptors (Lipinski definition) is 4. The lowest BCUT2D eigenvalue weighted by atomic mass is 10.1. The van der Waals surface area contributed by atoms with Gasteiger partial charge in [-0.1, -0.05) is 38.3 Å². The average Bonchev–Trinajstić information content (AvgIpc) is 2.61. The van der Waals surface area contributed by atoms with E-state index in [1.54, 1.807) is 0 Å². The molecule has 0 amide bonds. The van der Waals surface area contributed by atoms with E-state index in [4.69, 9.17) is 10.2 Å². The number of nitrogens with zero attached hydrogens (tertiary/aromatic N) is 1. The number of rotatable bonds is 18. The van der Waals surface area contributed by atoms with Gasteiger partial charge < -0.3 is 24.6 Å². The van der Waals surface area contributed by atoms with Gasteiger partial charge in [-0.2, -0.15) is 0 Å². The average molecular weight is 386 g/mol. The molecule has 27 heavy (non-hydrogen) atoms. The van der Waals surface area contributed by atoms with E-state index in [-0.39, 0.29) is 43.4 Å². The second-order valence-corrected chi connectivity index (χ2v) is 7.11. The molecule has 0 rings (SSSR count). The lowest BCUT2D eigenvalue weighted by molar-refractivity contribution is -0.927. The largest absolute Gasteiger partial charge is 0.550 e. The van der Waals surface area contributed by atoms with E-state index < -0.39 is 17.9 Å². The highest BCUT2D eigenvalue weighted by molar-refractivity contribution is 5.67. The second kappa shape index (κ2) is 15.2. The van der Waals surface area contributed by atoms with Crippen LogP contribution in [0.2, 0.25) is 0 Å². The van der Waals surface area contributed by atoms with Crippen molar-refractivity contribution in [3.05, 3.63) is 12.2 Å². The second-order valence-electron chi connectivity index (χ2n) is 7.11. The number of carboxylic acid groups (broad SMARTS) is 3. The van der Waals surface area contributed by atoms with Gasteiger partial charge in [-0.25, -0.2) is 0 Å². The molecular weight excluding hydrogens is 350 g/mol. The summed E-state index contributed by atoms with van der Waals surface area (Å²) < 4.78 is 0.191. The quantitative estimate of drug-likeness (QED) is 0.212. The molecule has 0 aromatic rings. The zero-order valence-electron chi connectivity index (χ0n) is 16.5. The van der Waals surface area contributed by atoms with Crippen molar-refractivity contribution in [1.82, 2.24) is 0 Å². The van der Waals surface area contributed by atoms with Gasteiger partial charge >= 0.3 is 11.9 Å². The highest BCUT2D eigenvalue weighted by Gasteiger charge is 2.28. The maximum absolute atomic E-state index is 11.0. The molecule has 0 radical (unpaired) electrons. The van der Waals surface area contributed by atoms with Crippen LogP contribution < -0.4 is 5.11 Å². The molecule has 0 heterocycles. The first-order valence-electron chi connectivity index (χ1n) is 9.95. The fraction of sp³-hybridized carbons (Fsp3) is 0.750. The Morgan fingerprint density at radius 2 is 1.30 bits per heavy atom. The molecule has 0 aromatic carbocycles. The van der Waals surface area contributed by atoms with Gasteiger partial charge in [0.1, 0.15) is 0 Å². The molecule has 2 N–H and O–H groups in total. The van der Waals surface area contributed by atoms with Gasteiger partial charge in [-0.3, -0.25) is 9.59 Å². The number of allylic oxidation sites excluding steroid dienone is 2. The van der Waals surface area contributed by atoms with Gasteiger partial charge in [0.05, 0.1) is 39.0 Å². The summed E-state index contributed by atoms with van der Waals surface area (Å²) in [6.07, 6.45) is 11.3. The highest BCUT2D eigenvalue weighted by Crippen LogP contribution is 2.15. The molecule has 7 heteroatoms. The van der Waals surface area contributed by atoms with Crippen LogP contribution in [0.5, 0.6) is 0 Å². The molecule has 0 bridgehead atoms. The first kappa shape index (κ1) is 25.1. The van der Waals surface area contributed by atoms with Crippen LogP contribution in [0.15, 0.2) is 12.2 Å². The van der Waals surface area contributed by atoms with Crippen LogP contribution in [0.4, 0.5) is 0 Å². The fourth-order valence-corrected chi connectivity index (χ4v) is 3.13. The van der Waals surface area contributed by atoms with Crippen molar-refractivity contribution in [3.8, 4) is 0 Å². The van der Waals surface area contributed by atoms with Crippen molar-refractivity contribution >= 4 is 17.9 Å². The van der Waals surface area contributed by atoms with Crippen molar-refractivity contribution < 1.29 is 34.2 Å². The van der Waals surface area contributed by atoms with E-state index in [1.807, 2.05) is 0 Å². The summed E-state index contributed by atoms with van der Waals surface area (Å²) in [6, 6.07) is 0. The van der Waals surface area contributed by atoms with E-state index in [0.29, 0.717) is 6.54 Å². The first-order chi connectivity index (χ1) is 12.8. The summed E-state index contributed by atoms with van der Waals surface area (Å²) in [5.41, 5.74) is 0.